The summed E-state index contributed by atoms with van der Waals surface area (Å²) < 4.78 is 20.0. The lowest BCUT2D eigenvalue weighted by atomic mass is 10.0. The van der Waals surface area contributed by atoms with Gasteiger partial charge in [-0.1, -0.05) is 12.1 Å². The van der Waals surface area contributed by atoms with Crippen LogP contribution in [0.5, 0.6) is 0 Å². The summed E-state index contributed by atoms with van der Waals surface area (Å²) in [6.45, 7) is 1.99. The molecule has 1 N–H and O–H groups in total. The van der Waals surface area contributed by atoms with Crippen LogP contribution in [-0.4, -0.2) is 67.9 Å². The van der Waals surface area contributed by atoms with Gasteiger partial charge in [-0.05, 0) is 35.0 Å². The van der Waals surface area contributed by atoms with Crippen LogP contribution >= 0.6 is 0 Å². The first-order chi connectivity index (χ1) is 12.5. The molecular formula is C16H18FN5O4. The molecule has 0 aliphatic carbocycles. The average Bonchev–Trinajstić information content (AvgIpc) is 3.05. The number of aliphatic carboxylic acids is 1. The monoisotopic (exact) mass is 363 g/mol. The molecule has 1 saturated heterocycles. The number of amides is 1. The summed E-state index contributed by atoms with van der Waals surface area (Å²) in [4.78, 5) is 25.7. The van der Waals surface area contributed by atoms with Crippen LogP contribution in [-0.2, 0) is 20.7 Å². The van der Waals surface area contributed by atoms with Crippen LogP contribution in [0.25, 0.3) is 0 Å². The molecule has 1 aliphatic heterocycles. The van der Waals surface area contributed by atoms with Gasteiger partial charge >= 0.3 is 5.97 Å². The van der Waals surface area contributed by atoms with Crippen molar-refractivity contribution in [2.75, 3.05) is 19.7 Å². The number of carboxylic acids is 1. The third kappa shape index (κ3) is 3.85. The lowest BCUT2D eigenvalue weighted by molar-refractivity contribution is -0.160. The van der Waals surface area contributed by atoms with E-state index >= 15 is 0 Å². The molecule has 1 aromatic heterocycles. The Balaban J connectivity index is 1.86. The van der Waals surface area contributed by atoms with E-state index in [0.717, 1.165) is 0 Å². The lowest BCUT2D eigenvalue weighted by Crippen LogP contribution is -2.51. The van der Waals surface area contributed by atoms with E-state index in [1.54, 1.807) is 19.1 Å². The van der Waals surface area contributed by atoms with Crippen LogP contribution in [0.1, 0.15) is 17.4 Å². The molecule has 2 atom stereocenters. The Kier molecular flexibility index (Phi) is 5.21. The fourth-order valence-electron chi connectivity index (χ4n) is 2.90. The van der Waals surface area contributed by atoms with Crippen LogP contribution in [0, 0.1) is 12.7 Å². The third-order valence-electron chi connectivity index (χ3n) is 4.21. The Labute approximate surface area is 148 Å². The average molecular weight is 363 g/mol. The van der Waals surface area contributed by atoms with E-state index in [1.165, 1.54) is 21.7 Å². The molecule has 0 bridgehead atoms. The second-order valence-corrected chi connectivity index (χ2v) is 6.00. The number of benzene rings is 1. The molecule has 10 heteroatoms. The first-order valence-corrected chi connectivity index (χ1v) is 8.08. The van der Waals surface area contributed by atoms with E-state index in [4.69, 9.17) is 9.84 Å². The van der Waals surface area contributed by atoms with Gasteiger partial charge in [-0.15, -0.1) is 5.10 Å². The normalized spacial score (nSPS) is 18.5. The van der Waals surface area contributed by atoms with E-state index in [2.05, 4.69) is 15.5 Å². The molecule has 1 amide bonds. The van der Waals surface area contributed by atoms with Gasteiger partial charge in [-0.2, -0.15) is 0 Å². The van der Waals surface area contributed by atoms with E-state index in [0.29, 0.717) is 11.4 Å². The highest BCUT2D eigenvalue weighted by atomic mass is 19.1. The number of aryl methyl sites for hydroxylation is 1. The van der Waals surface area contributed by atoms with Crippen molar-refractivity contribution >= 4 is 11.9 Å². The van der Waals surface area contributed by atoms with Crippen molar-refractivity contribution in [3.05, 3.63) is 41.5 Å². The highest BCUT2D eigenvalue weighted by molar-refractivity contribution is 5.82. The number of nitrogens with zero attached hydrogens (tertiary/aromatic N) is 5. The smallest absolute Gasteiger partial charge is 0.334 e. The second-order valence-electron chi connectivity index (χ2n) is 6.00. The van der Waals surface area contributed by atoms with Crippen molar-refractivity contribution in [3.63, 3.8) is 0 Å². The summed E-state index contributed by atoms with van der Waals surface area (Å²) >= 11 is 0. The number of rotatable bonds is 5. The maximum Gasteiger partial charge on any atom is 0.334 e. The highest BCUT2D eigenvalue weighted by Crippen LogP contribution is 2.20. The Hall–Kier alpha value is -2.88. The van der Waals surface area contributed by atoms with E-state index in [-0.39, 0.29) is 32.0 Å². The van der Waals surface area contributed by atoms with E-state index in [1.807, 2.05) is 0 Å². The van der Waals surface area contributed by atoms with Crippen LogP contribution in [0.2, 0.25) is 0 Å². The lowest BCUT2D eigenvalue weighted by Gasteiger charge is -2.33. The number of carboxylic acid groups (broad SMARTS) is 1. The van der Waals surface area contributed by atoms with Crippen LogP contribution in [0.4, 0.5) is 4.39 Å². The molecule has 138 valence electrons. The van der Waals surface area contributed by atoms with E-state index < -0.39 is 23.9 Å². The molecule has 1 aromatic carbocycles. The van der Waals surface area contributed by atoms with Gasteiger partial charge in [0.25, 0.3) is 0 Å². The molecule has 2 heterocycles. The molecule has 0 saturated carbocycles. The third-order valence-corrected chi connectivity index (χ3v) is 4.21. The summed E-state index contributed by atoms with van der Waals surface area (Å²) in [7, 11) is 0. The number of morpholine rings is 1. The molecule has 1 fully saturated rings. The zero-order chi connectivity index (χ0) is 18.7. The van der Waals surface area contributed by atoms with Gasteiger partial charge < -0.3 is 14.7 Å². The predicted molar refractivity (Wildman–Crippen MR) is 85.7 cm³/mol. The zero-order valence-corrected chi connectivity index (χ0v) is 14.1. The fourth-order valence-corrected chi connectivity index (χ4v) is 2.90. The zero-order valence-electron chi connectivity index (χ0n) is 14.1. The molecule has 0 spiro atoms. The Morgan fingerprint density at radius 3 is 2.92 bits per heavy atom. The Morgan fingerprint density at radius 2 is 2.27 bits per heavy atom. The number of carbonyl (C=O) groups excluding carboxylic acids is 1. The quantitative estimate of drug-likeness (QED) is 0.809. The van der Waals surface area contributed by atoms with Crippen molar-refractivity contribution < 1.29 is 23.8 Å². The Bertz CT molecular complexity index is 811. The number of hydrogen-bond donors (Lipinski definition) is 1. The van der Waals surface area contributed by atoms with Crippen molar-refractivity contribution in [1.82, 2.24) is 25.1 Å². The summed E-state index contributed by atoms with van der Waals surface area (Å²) in [5.41, 5.74) is 0.612. The van der Waals surface area contributed by atoms with Crippen molar-refractivity contribution in [3.8, 4) is 0 Å². The number of ether oxygens (including phenoxy) is 1. The molecule has 0 radical (unpaired) electrons. The molecule has 1 aliphatic rings. The number of hydrogen-bond acceptors (Lipinski definition) is 6. The van der Waals surface area contributed by atoms with Crippen molar-refractivity contribution in [1.29, 1.82) is 0 Å². The second kappa shape index (κ2) is 7.56. The molecule has 2 aromatic rings. The Morgan fingerprint density at radius 1 is 1.46 bits per heavy atom. The van der Waals surface area contributed by atoms with Gasteiger partial charge in [0.05, 0.1) is 13.2 Å². The highest BCUT2D eigenvalue weighted by Gasteiger charge is 2.34. The molecule has 9 nitrogen and oxygen atoms in total. The van der Waals surface area contributed by atoms with Gasteiger partial charge in [0.2, 0.25) is 5.91 Å². The van der Waals surface area contributed by atoms with Gasteiger partial charge in [0.1, 0.15) is 17.7 Å². The van der Waals surface area contributed by atoms with Crippen molar-refractivity contribution in [2.45, 2.75) is 25.5 Å². The first-order valence-electron chi connectivity index (χ1n) is 8.08. The minimum absolute atomic E-state index is 0.0605. The summed E-state index contributed by atoms with van der Waals surface area (Å²) in [5, 5.41) is 20.4. The molecule has 0 unspecified atom stereocenters. The standard InChI is InChI=1S/C16H18FN5O4/c1-10-18-19-20-22(10)13(8-11-3-2-4-12(17)7-11)15(23)21-5-6-26-14(9-21)16(24)25/h2-4,7,13-14H,5-6,8-9H2,1H3,(H,24,25)/t13-,14+/m0/s1. The maximum absolute atomic E-state index is 13.5. The number of halogens is 1. The number of aromatic nitrogens is 4. The predicted octanol–water partition coefficient (Wildman–Crippen LogP) is 0.216. The summed E-state index contributed by atoms with van der Waals surface area (Å²) in [5.74, 6) is -1.43. The van der Waals surface area contributed by atoms with Gasteiger partial charge in [-0.3, -0.25) is 4.79 Å². The van der Waals surface area contributed by atoms with Crippen LogP contribution in [0.15, 0.2) is 24.3 Å². The summed E-state index contributed by atoms with van der Waals surface area (Å²) in [6, 6.07) is 5.14. The van der Waals surface area contributed by atoms with Crippen molar-refractivity contribution in [2.24, 2.45) is 0 Å². The topological polar surface area (TPSA) is 110 Å². The number of tetrazole rings is 1. The maximum atomic E-state index is 13.5. The molecule has 3 rings (SSSR count). The number of carbonyl (C=O) groups is 2. The SMILES string of the molecule is Cc1nnnn1[C@@H](Cc1cccc(F)c1)C(=O)N1CCO[C@@H](C(=O)O)C1. The van der Waals surface area contributed by atoms with Gasteiger partial charge in [0.15, 0.2) is 6.10 Å². The first kappa shape index (κ1) is 17.9. The van der Waals surface area contributed by atoms with Gasteiger partial charge in [-0.25, -0.2) is 13.9 Å². The minimum Gasteiger partial charge on any atom is -0.479 e. The minimum atomic E-state index is -1.12. The summed E-state index contributed by atoms with van der Waals surface area (Å²) in [6.07, 6.45) is -0.894. The van der Waals surface area contributed by atoms with Crippen LogP contribution in [0.3, 0.4) is 0 Å². The van der Waals surface area contributed by atoms with Gasteiger partial charge in [0, 0.05) is 13.0 Å². The molecule has 26 heavy (non-hydrogen) atoms. The molecular weight excluding hydrogens is 345 g/mol. The van der Waals surface area contributed by atoms with E-state index in [9.17, 15) is 14.0 Å². The fraction of sp³-hybridized carbons (Fsp3) is 0.438. The largest absolute Gasteiger partial charge is 0.479 e. The van der Waals surface area contributed by atoms with Crippen LogP contribution < -0.4 is 0 Å².